The summed E-state index contributed by atoms with van der Waals surface area (Å²) in [6.07, 6.45) is 11.4. The maximum Gasteiger partial charge on any atom is 0.00388 e. The van der Waals surface area contributed by atoms with E-state index in [1.54, 1.807) is 0 Å². The highest BCUT2D eigenvalue weighted by atomic mass is 14.6. The first-order valence-corrected chi connectivity index (χ1v) is 6.27. The van der Waals surface area contributed by atoms with Gasteiger partial charge >= 0.3 is 0 Å². The molecule has 0 radical (unpaired) electrons. The molecule has 0 bridgehead atoms. The van der Waals surface area contributed by atoms with Crippen LogP contribution in [0.4, 0.5) is 0 Å². The molecule has 0 spiro atoms. The van der Waals surface area contributed by atoms with Crippen LogP contribution < -0.4 is 11.5 Å². The van der Waals surface area contributed by atoms with Crippen LogP contribution in [0.3, 0.4) is 0 Å². The van der Waals surface area contributed by atoms with Gasteiger partial charge < -0.3 is 11.5 Å². The van der Waals surface area contributed by atoms with Gasteiger partial charge in [0.15, 0.2) is 0 Å². The molecule has 0 heterocycles. The van der Waals surface area contributed by atoms with Crippen molar-refractivity contribution in [1.29, 1.82) is 0 Å². The Bertz CT molecular complexity index is 92.5. The molecule has 0 aliphatic rings. The van der Waals surface area contributed by atoms with Crippen LogP contribution in [-0.2, 0) is 0 Å². The lowest BCUT2D eigenvalue weighted by Crippen LogP contribution is -2.19. The standard InChI is InChI=1S/C12H28N2/c1-2-3-4-6-9-12(14)10-7-5-8-11-13/h12H,2-11,13-14H2,1H3. The van der Waals surface area contributed by atoms with Crippen molar-refractivity contribution in [3.8, 4) is 0 Å². The minimum atomic E-state index is 0.435. The van der Waals surface area contributed by atoms with Crippen molar-refractivity contribution in [3.63, 3.8) is 0 Å². The third-order valence-corrected chi connectivity index (χ3v) is 2.71. The fourth-order valence-corrected chi connectivity index (χ4v) is 1.71. The van der Waals surface area contributed by atoms with Crippen LogP contribution in [0.5, 0.6) is 0 Å². The lowest BCUT2D eigenvalue weighted by Gasteiger charge is -2.10. The van der Waals surface area contributed by atoms with Crippen LogP contribution in [0, 0.1) is 0 Å². The molecule has 0 saturated carbocycles. The van der Waals surface area contributed by atoms with Crippen molar-refractivity contribution in [2.45, 2.75) is 70.8 Å². The lowest BCUT2D eigenvalue weighted by atomic mass is 10.0. The van der Waals surface area contributed by atoms with Crippen LogP contribution in [0.15, 0.2) is 0 Å². The van der Waals surface area contributed by atoms with Gasteiger partial charge in [-0.1, -0.05) is 45.4 Å². The first-order valence-electron chi connectivity index (χ1n) is 6.27. The Balaban J connectivity index is 3.07. The van der Waals surface area contributed by atoms with E-state index in [4.69, 9.17) is 11.5 Å². The highest BCUT2D eigenvalue weighted by Crippen LogP contribution is 2.09. The van der Waals surface area contributed by atoms with E-state index in [1.165, 1.54) is 51.4 Å². The number of hydrogen-bond donors (Lipinski definition) is 2. The second-order valence-corrected chi connectivity index (χ2v) is 4.25. The number of hydrogen-bond acceptors (Lipinski definition) is 2. The molecule has 14 heavy (non-hydrogen) atoms. The molecular formula is C12H28N2. The maximum atomic E-state index is 6.01. The minimum Gasteiger partial charge on any atom is -0.330 e. The first-order chi connectivity index (χ1) is 6.81. The molecule has 86 valence electrons. The number of rotatable bonds is 10. The SMILES string of the molecule is CCCCCCC(N)CCCCCN. The fraction of sp³-hybridized carbons (Fsp3) is 1.00. The molecule has 0 saturated heterocycles. The smallest absolute Gasteiger partial charge is 0.00388 e. The molecule has 0 fully saturated rings. The van der Waals surface area contributed by atoms with Crippen molar-refractivity contribution >= 4 is 0 Å². The second kappa shape index (κ2) is 11.0. The molecule has 1 unspecified atom stereocenters. The predicted octanol–water partition coefficient (Wildman–Crippen LogP) is 2.80. The molecule has 1 atom stereocenters. The topological polar surface area (TPSA) is 52.0 Å². The monoisotopic (exact) mass is 200 g/mol. The Morgan fingerprint density at radius 3 is 1.93 bits per heavy atom. The van der Waals surface area contributed by atoms with Gasteiger partial charge in [0.2, 0.25) is 0 Å². The zero-order valence-electron chi connectivity index (χ0n) is 9.80. The molecule has 0 aromatic heterocycles. The summed E-state index contributed by atoms with van der Waals surface area (Å²) < 4.78 is 0. The largest absolute Gasteiger partial charge is 0.330 e. The lowest BCUT2D eigenvalue weighted by molar-refractivity contribution is 0.495. The van der Waals surface area contributed by atoms with Crippen molar-refractivity contribution in [3.05, 3.63) is 0 Å². The Labute approximate surface area is 89.4 Å². The number of nitrogens with two attached hydrogens (primary N) is 2. The van der Waals surface area contributed by atoms with Crippen molar-refractivity contribution in [1.82, 2.24) is 0 Å². The summed E-state index contributed by atoms with van der Waals surface area (Å²) >= 11 is 0. The molecule has 0 aromatic rings. The van der Waals surface area contributed by atoms with Gasteiger partial charge in [-0.2, -0.15) is 0 Å². The van der Waals surface area contributed by atoms with E-state index >= 15 is 0 Å². The van der Waals surface area contributed by atoms with Crippen LogP contribution in [-0.4, -0.2) is 12.6 Å². The van der Waals surface area contributed by atoms with E-state index in [9.17, 15) is 0 Å². The molecule has 0 aromatic carbocycles. The minimum absolute atomic E-state index is 0.435. The molecule has 0 aliphatic carbocycles. The van der Waals surface area contributed by atoms with E-state index in [-0.39, 0.29) is 0 Å². The summed E-state index contributed by atoms with van der Waals surface area (Å²) in [4.78, 5) is 0. The van der Waals surface area contributed by atoms with Gasteiger partial charge in [-0.15, -0.1) is 0 Å². The van der Waals surface area contributed by atoms with Gasteiger partial charge in [0.05, 0.1) is 0 Å². The summed E-state index contributed by atoms with van der Waals surface area (Å²) in [6, 6.07) is 0.435. The average Bonchev–Trinajstić information content (AvgIpc) is 2.19. The summed E-state index contributed by atoms with van der Waals surface area (Å²) in [6.45, 7) is 3.07. The van der Waals surface area contributed by atoms with E-state index in [0.717, 1.165) is 13.0 Å². The molecule has 4 N–H and O–H groups in total. The van der Waals surface area contributed by atoms with E-state index < -0.39 is 0 Å². The zero-order chi connectivity index (χ0) is 10.6. The number of unbranched alkanes of at least 4 members (excludes halogenated alkanes) is 5. The molecule has 0 rings (SSSR count). The highest BCUT2D eigenvalue weighted by Gasteiger charge is 2.01. The molecule has 2 nitrogen and oxygen atoms in total. The maximum absolute atomic E-state index is 6.01. The summed E-state index contributed by atoms with van der Waals surface area (Å²) in [7, 11) is 0. The van der Waals surface area contributed by atoms with Gasteiger partial charge in [0, 0.05) is 6.04 Å². The second-order valence-electron chi connectivity index (χ2n) is 4.25. The Morgan fingerprint density at radius 1 is 0.857 bits per heavy atom. The molecule has 0 amide bonds. The summed E-state index contributed by atoms with van der Waals surface area (Å²) in [5.41, 5.74) is 11.4. The predicted molar refractivity (Wildman–Crippen MR) is 64.3 cm³/mol. The molecule has 0 aliphatic heterocycles. The normalized spacial score (nSPS) is 13.1. The third kappa shape index (κ3) is 10.0. The van der Waals surface area contributed by atoms with Gasteiger partial charge in [-0.05, 0) is 25.8 Å². The van der Waals surface area contributed by atoms with Crippen LogP contribution in [0.2, 0.25) is 0 Å². The summed E-state index contributed by atoms with van der Waals surface area (Å²) in [5, 5.41) is 0. The average molecular weight is 200 g/mol. The Kier molecular flexibility index (Phi) is 10.9. The Morgan fingerprint density at radius 2 is 1.43 bits per heavy atom. The van der Waals surface area contributed by atoms with Crippen LogP contribution >= 0.6 is 0 Å². The van der Waals surface area contributed by atoms with Crippen molar-refractivity contribution in [2.75, 3.05) is 6.54 Å². The van der Waals surface area contributed by atoms with E-state index in [1.807, 2.05) is 0 Å². The fourth-order valence-electron chi connectivity index (χ4n) is 1.71. The van der Waals surface area contributed by atoms with Gasteiger partial charge in [-0.25, -0.2) is 0 Å². The first kappa shape index (κ1) is 13.9. The summed E-state index contributed by atoms with van der Waals surface area (Å²) in [5.74, 6) is 0. The third-order valence-electron chi connectivity index (χ3n) is 2.71. The van der Waals surface area contributed by atoms with Gasteiger partial charge in [0.1, 0.15) is 0 Å². The van der Waals surface area contributed by atoms with E-state index in [2.05, 4.69) is 6.92 Å². The van der Waals surface area contributed by atoms with Crippen molar-refractivity contribution in [2.24, 2.45) is 11.5 Å². The quantitative estimate of drug-likeness (QED) is 0.533. The Hall–Kier alpha value is -0.0800. The molecular weight excluding hydrogens is 172 g/mol. The van der Waals surface area contributed by atoms with Crippen LogP contribution in [0.1, 0.15) is 64.7 Å². The highest BCUT2D eigenvalue weighted by molar-refractivity contribution is 4.61. The zero-order valence-corrected chi connectivity index (χ0v) is 9.80. The molecule has 2 heteroatoms. The van der Waals surface area contributed by atoms with Crippen molar-refractivity contribution < 1.29 is 0 Å². The van der Waals surface area contributed by atoms with Gasteiger partial charge in [-0.3, -0.25) is 0 Å². The van der Waals surface area contributed by atoms with E-state index in [0.29, 0.717) is 6.04 Å². The van der Waals surface area contributed by atoms with Gasteiger partial charge in [0.25, 0.3) is 0 Å². The van der Waals surface area contributed by atoms with Crippen LogP contribution in [0.25, 0.3) is 0 Å².